The lowest BCUT2D eigenvalue weighted by molar-refractivity contribution is 0.143. The van der Waals surface area contributed by atoms with Crippen molar-refractivity contribution in [3.05, 3.63) is 53.9 Å². The summed E-state index contributed by atoms with van der Waals surface area (Å²) in [6, 6.07) is 8.35. The second-order valence-corrected chi connectivity index (χ2v) is 5.99. The van der Waals surface area contributed by atoms with Crippen LogP contribution in [-0.2, 0) is 13.1 Å². The first kappa shape index (κ1) is 14.1. The summed E-state index contributed by atoms with van der Waals surface area (Å²) in [6.45, 7) is 6.76. The minimum absolute atomic E-state index is 0.244. The molecule has 0 saturated carbocycles. The highest BCUT2D eigenvalue weighted by Crippen LogP contribution is 2.26. The minimum atomic E-state index is 0.244. The molecular formula is C17H19N5O. The molecule has 0 fully saturated rings. The standard InChI is InChI=1S/C17H19N5O/c1-12-3-5-14(6-4-12)17-20-19-15(23-17)11-22-10-9-21-8-7-18-16(21)13(22)2/h3-8,13H,9-11H2,1-2H3. The summed E-state index contributed by atoms with van der Waals surface area (Å²) in [7, 11) is 0. The summed E-state index contributed by atoms with van der Waals surface area (Å²) in [6.07, 6.45) is 3.89. The highest BCUT2D eigenvalue weighted by molar-refractivity contribution is 5.52. The van der Waals surface area contributed by atoms with E-state index in [1.54, 1.807) is 0 Å². The van der Waals surface area contributed by atoms with Crippen LogP contribution in [0.2, 0.25) is 0 Å². The molecule has 1 aliphatic rings. The third kappa shape index (κ3) is 2.66. The van der Waals surface area contributed by atoms with E-state index in [0.717, 1.165) is 24.5 Å². The maximum atomic E-state index is 5.84. The molecule has 0 spiro atoms. The number of aryl methyl sites for hydroxylation is 1. The number of hydrogen-bond acceptors (Lipinski definition) is 5. The van der Waals surface area contributed by atoms with E-state index in [1.807, 2.05) is 36.7 Å². The second-order valence-electron chi connectivity index (χ2n) is 5.99. The molecule has 0 bridgehead atoms. The van der Waals surface area contributed by atoms with Crippen molar-refractivity contribution in [2.24, 2.45) is 0 Å². The van der Waals surface area contributed by atoms with Crippen LogP contribution in [0.5, 0.6) is 0 Å². The van der Waals surface area contributed by atoms with Gasteiger partial charge in [-0.2, -0.15) is 0 Å². The predicted octanol–water partition coefficient (Wildman–Crippen LogP) is 2.82. The molecule has 6 nitrogen and oxygen atoms in total. The molecule has 1 aliphatic heterocycles. The Morgan fingerprint density at radius 3 is 2.83 bits per heavy atom. The van der Waals surface area contributed by atoms with E-state index in [4.69, 9.17) is 4.42 Å². The van der Waals surface area contributed by atoms with Crippen LogP contribution in [0.25, 0.3) is 11.5 Å². The van der Waals surface area contributed by atoms with Crippen molar-refractivity contribution >= 4 is 0 Å². The summed E-state index contributed by atoms with van der Waals surface area (Å²) >= 11 is 0. The molecule has 0 N–H and O–H groups in total. The van der Waals surface area contributed by atoms with Crippen molar-refractivity contribution in [3.63, 3.8) is 0 Å². The summed E-state index contributed by atoms with van der Waals surface area (Å²) in [4.78, 5) is 6.76. The summed E-state index contributed by atoms with van der Waals surface area (Å²) in [5, 5.41) is 8.38. The third-order valence-corrected chi connectivity index (χ3v) is 4.40. The molecule has 118 valence electrons. The van der Waals surface area contributed by atoms with Gasteiger partial charge in [0.15, 0.2) is 0 Å². The van der Waals surface area contributed by atoms with Crippen molar-refractivity contribution < 1.29 is 4.42 Å². The maximum absolute atomic E-state index is 5.84. The van der Waals surface area contributed by atoms with Crippen LogP contribution in [-0.4, -0.2) is 31.2 Å². The van der Waals surface area contributed by atoms with Crippen molar-refractivity contribution in [1.29, 1.82) is 0 Å². The van der Waals surface area contributed by atoms with Crippen LogP contribution < -0.4 is 0 Å². The summed E-state index contributed by atoms with van der Waals surface area (Å²) in [5.74, 6) is 2.31. The highest BCUT2D eigenvalue weighted by Gasteiger charge is 2.26. The van der Waals surface area contributed by atoms with Gasteiger partial charge in [0.25, 0.3) is 0 Å². The van der Waals surface area contributed by atoms with Crippen molar-refractivity contribution in [3.8, 4) is 11.5 Å². The molecule has 0 aliphatic carbocycles. The van der Waals surface area contributed by atoms with Crippen LogP contribution in [0.4, 0.5) is 0 Å². The molecule has 0 amide bonds. The first-order chi connectivity index (χ1) is 11.2. The van der Waals surface area contributed by atoms with E-state index in [0.29, 0.717) is 18.3 Å². The Hall–Kier alpha value is -2.47. The van der Waals surface area contributed by atoms with E-state index in [1.165, 1.54) is 5.56 Å². The molecular weight excluding hydrogens is 290 g/mol. The van der Waals surface area contributed by atoms with Gasteiger partial charge in [-0.05, 0) is 26.0 Å². The van der Waals surface area contributed by atoms with Crippen molar-refractivity contribution in [2.75, 3.05) is 6.54 Å². The van der Waals surface area contributed by atoms with Gasteiger partial charge in [-0.3, -0.25) is 4.90 Å². The average Bonchev–Trinajstić information content (AvgIpc) is 3.20. The van der Waals surface area contributed by atoms with Crippen molar-refractivity contribution in [1.82, 2.24) is 24.6 Å². The van der Waals surface area contributed by atoms with Gasteiger partial charge in [-0.1, -0.05) is 17.7 Å². The fourth-order valence-electron chi connectivity index (χ4n) is 2.99. The van der Waals surface area contributed by atoms with E-state index in [-0.39, 0.29) is 6.04 Å². The molecule has 6 heteroatoms. The Morgan fingerprint density at radius 2 is 2.00 bits per heavy atom. The Labute approximate surface area is 134 Å². The normalized spacial score (nSPS) is 18.1. The van der Waals surface area contributed by atoms with Gasteiger partial charge in [0.2, 0.25) is 11.8 Å². The van der Waals surface area contributed by atoms with E-state index in [2.05, 4.69) is 38.5 Å². The van der Waals surface area contributed by atoms with Gasteiger partial charge in [0.1, 0.15) is 5.82 Å². The van der Waals surface area contributed by atoms with Crippen LogP contribution in [0.15, 0.2) is 41.1 Å². The average molecular weight is 309 g/mol. The first-order valence-corrected chi connectivity index (χ1v) is 7.85. The maximum Gasteiger partial charge on any atom is 0.247 e. The molecule has 4 rings (SSSR count). The molecule has 1 aromatic carbocycles. The minimum Gasteiger partial charge on any atom is -0.419 e. The lowest BCUT2D eigenvalue weighted by atomic mass is 10.1. The molecule has 3 heterocycles. The van der Waals surface area contributed by atoms with Gasteiger partial charge in [-0.25, -0.2) is 4.98 Å². The van der Waals surface area contributed by atoms with E-state index < -0.39 is 0 Å². The Balaban J connectivity index is 1.51. The van der Waals surface area contributed by atoms with Crippen LogP contribution in [0.1, 0.15) is 30.2 Å². The van der Waals surface area contributed by atoms with Crippen LogP contribution in [0.3, 0.4) is 0 Å². The number of rotatable bonds is 3. The zero-order valence-electron chi connectivity index (χ0n) is 13.3. The van der Waals surface area contributed by atoms with Gasteiger partial charge in [-0.15, -0.1) is 10.2 Å². The molecule has 3 aromatic rings. The molecule has 1 atom stereocenters. The smallest absolute Gasteiger partial charge is 0.247 e. The second kappa shape index (κ2) is 5.62. The monoisotopic (exact) mass is 309 g/mol. The zero-order valence-corrected chi connectivity index (χ0v) is 13.3. The summed E-state index contributed by atoms with van der Waals surface area (Å²) in [5.41, 5.74) is 2.17. The number of hydrogen-bond donors (Lipinski definition) is 0. The topological polar surface area (TPSA) is 60.0 Å². The Bertz CT molecular complexity index is 805. The number of benzene rings is 1. The van der Waals surface area contributed by atoms with Crippen LogP contribution in [0, 0.1) is 6.92 Å². The molecule has 0 radical (unpaired) electrons. The number of aromatic nitrogens is 4. The number of nitrogens with zero attached hydrogens (tertiary/aromatic N) is 5. The SMILES string of the molecule is Cc1ccc(-c2nnc(CN3CCn4ccnc4C3C)o2)cc1. The summed E-state index contributed by atoms with van der Waals surface area (Å²) < 4.78 is 8.04. The van der Waals surface area contributed by atoms with E-state index in [9.17, 15) is 0 Å². The van der Waals surface area contributed by atoms with Crippen LogP contribution >= 0.6 is 0 Å². The molecule has 2 aromatic heterocycles. The largest absolute Gasteiger partial charge is 0.419 e. The third-order valence-electron chi connectivity index (χ3n) is 4.40. The Morgan fingerprint density at radius 1 is 1.17 bits per heavy atom. The molecule has 23 heavy (non-hydrogen) atoms. The molecule has 1 unspecified atom stereocenters. The lowest BCUT2D eigenvalue weighted by Crippen LogP contribution is -2.36. The molecule has 0 saturated heterocycles. The zero-order chi connectivity index (χ0) is 15.8. The van der Waals surface area contributed by atoms with Gasteiger partial charge in [0, 0.05) is 31.0 Å². The number of imidazole rings is 1. The Kier molecular flexibility index (Phi) is 3.46. The van der Waals surface area contributed by atoms with E-state index >= 15 is 0 Å². The van der Waals surface area contributed by atoms with Gasteiger partial charge in [0.05, 0.1) is 12.6 Å². The van der Waals surface area contributed by atoms with Gasteiger partial charge < -0.3 is 8.98 Å². The quantitative estimate of drug-likeness (QED) is 0.744. The van der Waals surface area contributed by atoms with Crippen molar-refractivity contribution in [2.45, 2.75) is 33.0 Å². The van der Waals surface area contributed by atoms with Gasteiger partial charge >= 0.3 is 0 Å². The highest BCUT2D eigenvalue weighted by atomic mass is 16.4. The predicted molar refractivity (Wildman–Crippen MR) is 85.5 cm³/mol. The first-order valence-electron chi connectivity index (χ1n) is 7.85. The lowest BCUT2D eigenvalue weighted by Gasteiger charge is -2.32. The fraction of sp³-hybridized carbons (Fsp3) is 0.353. The fourth-order valence-corrected chi connectivity index (χ4v) is 2.99. The number of fused-ring (bicyclic) bond motifs is 1.